The van der Waals surface area contributed by atoms with E-state index in [-0.39, 0.29) is 0 Å². The number of ether oxygens (including phenoxy) is 3. The highest BCUT2D eigenvalue weighted by molar-refractivity contribution is 6.05. The van der Waals surface area contributed by atoms with Gasteiger partial charge in [-0.3, -0.25) is 14.9 Å². The molecule has 2 aromatic carbocycles. The molecule has 7 nitrogen and oxygen atoms in total. The van der Waals surface area contributed by atoms with Gasteiger partial charge < -0.3 is 14.2 Å². The van der Waals surface area contributed by atoms with Gasteiger partial charge in [-0.1, -0.05) is 36.9 Å². The van der Waals surface area contributed by atoms with Gasteiger partial charge in [-0.25, -0.2) is 4.79 Å². The van der Waals surface area contributed by atoms with Crippen LogP contribution in [0.1, 0.15) is 15.9 Å². The van der Waals surface area contributed by atoms with E-state index in [2.05, 4.69) is 11.9 Å². The Morgan fingerprint density at radius 2 is 1.83 bits per heavy atom. The van der Waals surface area contributed by atoms with E-state index in [0.717, 1.165) is 0 Å². The van der Waals surface area contributed by atoms with Crippen molar-refractivity contribution < 1.29 is 28.6 Å². The molecule has 0 saturated heterocycles. The first kappa shape index (κ1) is 21.4. The third kappa shape index (κ3) is 6.99. The van der Waals surface area contributed by atoms with E-state index in [1.54, 1.807) is 54.6 Å². The van der Waals surface area contributed by atoms with Gasteiger partial charge in [0.25, 0.3) is 11.8 Å². The zero-order valence-corrected chi connectivity index (χ0v) is 15.9. The molecule has 0 spiro atoms. The van der Waals surface area contributed by atoms with Crippen LogP contribution in [-0.2, 0) is 14.3 Å². The van der Waals surface area contributed by atoms with E-state index in [1.165, 1.54) is 19.3 Å². The van der Waals surface area contributed by atoms with Crippen molar-refractivity contribution in [1.82, 2.24) is 5.32 Å². The Kier molecular flexibility index (Phi) is 8.19. The molecule has 0 bridgehead atoms. The molecule has 0 unspecified atom stereocenters. The van der Waals surface area contributed by atoms with Gasteiger partial charge in [0.2, 0.25) is 0 Å². The minimum Gasteiger partial charge on any atom is -0.493 e. The van der Waals surface area contributed by atoms with Crippen molar-refractivity contribution in [1.29, 1.82) is 0 Å². The summed E-state index contributed by atoms with van der Waals surface area (Å²) in [7, 11) is 1.51. The predicted octanol–water partition coefficient (Wildman–Crippen LogP) is 2.77. The van der Waals surface area contributed by atoms with E-state index >= 15 is 0 Å². The number of hydrogen-bond acceptors (Lipinski definition) is 6. The molecule has 0 heterocycles. The molecule has 29 heavy (non-hydrogen) atoms. The van der Waals surface area contributed by atoms with Crippen molar-refractivity contribution in [2.24, 2.45) is 0 Å². The minimum atomic E-state index is -0.724. The summed E-state index contributed by atoms with van der Waals surface area (Å²) < 4.78 is 15.5. The highest BCUT2D eigenvalue weighted by atomic mass is 16.5. The third-order valence-electron chi connectivity index (χ3n) is 3.59. The number of methoxy groups -OCH3 is 1. The van der Waals surface area contributed by atoms with Gasteiger partial charge in [0.05, 0.1) is 7.11 Å². The number of amides is 2. The SMILES string of the molecule is C=CCOc1ccc(/C=C/C(=O)OCC(=O)NC(=O)c2ccccc2)cc1OC. The normalized spacial score (nSPS) is 10.2. The van der Waals surface area contributed by atoms with E-state index in [9.17, 15) is 14.4 Å². The van der Waals surface area contributed by atoms with Gasteiger partial charge in [-0.2, -0.15) is 0 Å². The fourth-order valence-electron chi connectivity index (χ4n) is 2.23. The first-order valence-electron chi connectivity index (χ1n) is 8.69. The number of rotatable bonds is 9. The van der Waals surface area contributed by atoms with Crippen LogP contribution in [-0.4, -0.2) is 38.1 Å². The van der Waals surface area contributed by atoms with Gasteiger partial charge in [0.1, 0.15) is 6.61 Å². The highest BCUT2D eigenvalue weighted by Crippen LogP contribution is 2.28. The Balaban J connectivity index is 1.85. The van der Waals surface area contributed by atoms with Crippen molar-refractivity contribution >= 4 is 23.9 Å². The average molecular weight is 395 g/mol. The molecule has 1 N–H and O–H groups in total. The van der Waals surface area contributed by atoms with Crippen molar-refractivity contribution in [2.75, 3.05) is 20.3 Å². The summed E-state index contributed by atoms with van der Waals surface area (Å²) in [5, 5.41) is 2.15. The van der Waals surface area contributed by atoms with Crippen molar-refractivity contribution in [2.45, 2.75) is 0 Å². The van der Waals surface area contributed by atoms with Crippen LogP contribution in [0.25, 0.3) is 6.08 Å². The van der Waals surface area contributed by atoms with Crippen LogP contribution >= 0.6 is 0 Å². The second-order valence-corrected chi connectivity index (χ2v) is 5.69. The lowest BCUT2D eigenvalue weighted by Crippen LogP contribution is -2.33. The summed E-state index contributed by atoms with van der Waals surface area (Å²) in [6.45, 7) is 3.35. The van der Waals surface area contributed by atoms with Crippen LogP contribution in [0.2, 0.25) is 0 Å². The Hall–Kier alpha value is -3.87. The van der Waals surface area contributed by atoms with Crippen molar-refractivity contribution in [3.05, 3.63) is 78.4 Å². The Labute approximate surface area is 168 Å². The number of hydrogen-bond donors (Lipinski definition) is 1. The average Bonchev–Trinajstić information content (AvgIpc) is 2.75. The molecule has 0 fully saturated rings. The van der Waals surface area contributed by atoms with E-state index in [1.807, 2.05) is 0 Å². The molecule has 0 saturated carbocycles. The van der Waals surface area contributed by atoms with E-state index < -0.39 is 24.4 Å². The number of carbonyl (C=O) groups excluding carboxylic acids is 3. The molecule has 2 aromatic rings. The lowest BCUT2D eigenvalue weighted by atomic mass is 10.2. The number of esters is 1. The van der Waals surface area contributed by atoms with Crippen LogP contribution in [0.5, 0.6) is 11.5 Å². The topological polar surface area (TPSA) is 90.9 Å². The Bertz CT molecular complexity index is 905. The smallest absolute Gasteiger partial charge is 0.331 e. The monoisotopic (exact) mass is 395 g/mol. The molecule has 7 heteroatoms. The van der Waals surface area contributed by atoms with Crippen LogP contribution in [0.15, 0.2) is 67.3 Å². The van der Waals surface area contributed by atoms with E-state index in [0.29, 0.717) is 29.2 Å². The Morgan fingerprint density at radius 3 is 2.52 bits per heavy atom. The molecule has 0 atom stereocenters. The quantitative estimate of drug-likeness (QED) is 0.399. The number of benzene rings is 2. The predicted molar refractivity (Wildman–Crippen MR) is 108 cm³/mol. The van der Waals surface area contributed by atoms with Crippen LogP contribution in [0.3, 0.4) is 0 Å². The van der Waals surface area contributed by atoms with Gasteiger partial charge >= 0.3 is 5.97 Å². The van der Waals surface area contributed by atoms with Gasteiger partial charge in [0.15, 0.2) is 18.1 Å². The van der Waals surface area contributed by atoms with Gasteiger partial charge in [-0.15, -0.1) is 0 Å². The molecule has 0 aliphatic heterocycles. The number of nitrogens with one attached hydrogen (secondary N) is 1. The number of carbonyl (C=O) groups is 3. The number of imide groups is 1. The second kappa shape index (κ2) is 11.1. The van der Waals surface area contributed by atoms with Crippen molar-refractivity contribution in [3.8, 4) is 11.5 Å². The molecule has 2 amide bonds. The summed E-state index contributed by atoms with van der Waals surface area (Å²) >= 11 is 0. The lowest BCUT2D eigenvalue weighted by molar-refractivity contribution is -0.143. The van der Waals surface area contributed by atoms with Crippen LogP contribution in [0.4, 0.5) is 0 Å². The summed E-state index contributed by atoms with van der Waals surface area (Å²) in [6, 6.07) is 13.4. The fourth-order valence-corrected chi connectivity index (χ4v) is 2.23. The first-order chi connectivity index (χ1) is 14.0. The molecule has 150 valence electrons. The highest BCUT2D eigenvalue weighted by Gasteiger charge is 2.11. The lowest BCUT2D eigenvalue weighted by Gasteiger charge is -2.09. The summed E-state index contributed by atoms with van der Waals surface area (Å²) in [5.41, 5.74) is 1.01. The molecule has 2 rings (SSSR count). The summed E-state index contributed by atoms with van der Waals surface area (Å²) in [4.78, 5) is 35.4. The maximum atomic E-state index is 11.9. The van der Waals surface area contributed by atoms with E-state index in [4.69, 9.17) is 14.2 Å². The molecule has 0 aliphatic carbocycles. The molecular weight excluding hydrogens is 374 g/mol. The standard InChI is InChI=1S/C22H21NO6/c1-3-13-28-18-11-9-16(14-19(18)27-2)10-12-21(25)29-15-20(24)23-22(26)17-7-5-4-6-8-17/h3-12,14H,1,13,15H2,2H3,(H,23,24,26)/b12-10+. The maximum absolute atomic E-state index is 11.9. The second-order valence-electron chi connectivity index (χ2n) is 5.69. The largest absolute Gasteiger partial charge is 0.493 e. The summed E-state index contributed by atoms with van der Waals surface area (Å²) in [5.74, 6) is -0.953. The molecule has 0 aliphatic rings. The summed E-state index contributed by atoms with van der Waals surface area (Å²) in [6.07, 6.45) is 4.30. The zero-order valence-electron chi connectivity index (χ0n) is 15.9. The van der Waals surface area contributed by atoms with Crippen LogP contribution in [0, 0.1) is 0 Å². The van der Waals surface area contributed by atoms with Crippen molar-refractivity contribution in [3.63, 3.8) is 0 Å². The Morgan fingerprint density at radius 1 is 1.07 bits per heavy atom. The zero-order chi connectivity index (χ0) is 21.1. The third-order valence-corrected chi connectivity index (χ3v) is 3.59. The van der Waals surface area contributed by atoms with Gasteiger partial charge in [-0.05, 0) is 35.9 Å². The van der Waals surface area contributed by atoms with Gasteiger partial charge in [0, 0.05) is 11.6 Å². The fraction of sp³-hybridized carbons (Fsp3) is 0.136. The molecule has 0 radical (unpaired) electrons. The van der Waals surface area contributed by atoms with Crippen LogP contribution < -0.4 is 14.8 Å². The molecular formula is C22H21NO6. The minimum absolute atomic E-state index is 0.335. The molecule has 0 aromatic heterocycles. The first-order valence-corrected chi connectivity index (χ1v) is 8.69. The maximum Gasteiger partial charge on any atom is 0.331 e.